The molecule has 2 unspecified atom stereocenters. The van der Waals surface area contributed by atoms with E-state index in [-0.39, 0.29) is 0 Å². The molecule has 1 fully saturated rings. The van der Waals surface area contributed by atoms with E-state index in [0.29, 0.717) is 23.6 Å². The van der Waals surface area contributed by atoms with E-state index in [0.717, 1.165) is 18.8 Å². The lowest BCUT2D eigenvalue weighted by Crippen LogP contribution is -2.28. The summed E-state index contributed by atoms with van der Waals surface area (Å²) in [5.74, 6) is 2.54. The van der Waals surface area contributed by atoms with Crippen LogP contribution in [0.15, 0.2) is 12.4 Å². The van der Waals surface area contributed by atoms with Crippen LogP contribution in [0, 0.1) is 11.8 Å². The van der Waals surface area contributed by atoms with E-state index in [1.165, 1.54) is 19.3 Å². The van der Waals surface area contributed by atoms with E-state index >= 15 is 0 Å². The van der Waals surface area contributed by atoms with Crippen LogP contribution in [-0.2, 0) is 0 Å². The molecule has 0 aliphatic heterocycles. The van der Waals surface area contributed by atoms with Gasteiger partial charge in [-0.3, -0.25) is 4.98 Å². The van der Waals surface area contributed by atoms with Crippen molar-refractivity contribution >= 4 is 0 Å². The SMILES string of the molecule is COc1nccnc1C1CCCC1CNCC(C)C. The number of aromatic nitrogens is 2. The highest BCUT2D eigenvalue weighted by Crippen LogP contribution is 2.40. The van der Waals surface area contributed by atoms with Crippen LogP contribution in [0.4, 0.5) is 0 Å². The van der Waals surface area contributed by atoms with Crippen LogP contribution in [0.2, 0.25) is 0 Å². The number of methoxy groups -OCH3 is 1. The second-order valence-corrected chi connectivity index (χ2v) is 5.80. The first-order chi connectivity index (χ1) is 9.22. The highest BCUT2D eigenvalue weighted by molar-refractivity contribution is 5.23. The molecule has 1 saturated carbocycles. The third-order valence-electron chi connectivity index (χ3n) is 3.85. The molecule has 1 heterocycles. The smallest absolute Gasteiger partial charge is 0.235 e. The van der Waals surface area contributed by atoms with Crippen molar-refractivity contribution in [1.82, 2.24) is 15.3 Å². The maximum absolute atomic E-state index is 5.35. The summed E-state index contributed by atoms with van der Waals surface area (Å²) >= 11 is 0. The molecule has 0 bridgehead atoms. The Morgan fingerprint density at radius 3 is 2.84 bits per heavy atom. The Kier molecular flexibility index (Phi) is 5.14. The van der Waals surface area contributed by atoms with Crippen LogP contribution in [0.25, 0.3) is 0 Å². The van der Waals surface area contributed by atoms with Crippen LogP contribution >= 0.6 is 0 Å². The number of ether oxygens (including phenoxy) is 1. The largest absolute Gasteiger partial charge is 0.480 e. The maximum Gasteiger partial charge on any atom is 0.235 e. The van der Waals surface area contributed by atoms with E-state index in [9.17, 15) is 0 Å². The monoisotopic (exact) mass is 263 g/mol. The summed E-state index contributed by atoms with van der Waals surface area (Å²) < 4.78 is 5.35. The molecule has 1 N–H and O–H groups in total. The van der Waals surface area contributed by atoms with E-state index in [4.69, 9.17) is 4.74 Å². The highest BCUT2D eigenvalue weighted by atomic mass is 16.5. The lowest BCUT2D eigenvalue weighted by atomic mass is 9.92. The van der Waals surface area contributed by atoms with E-state index < -0.39 is 0 Å². The summed E-state index contributed by atoms with van der Waals surface area (Å²) in [5, 5.41) is 3.57. The molecular formula is C15H25N3O. The van der Waals surface area contributed by atoms with Gasteiger partial charge in [0, 0.05) is 18.3 Å². The third-order valence-corrected chi connectivity index (χ3v) is 3.85. The number of hydrogen-bond acceptors (Lipinski definition) is 4. The van der Waals surface area contributed by atoms with Gasteiger partial charge >= 0.3 is 0 Å². The zero-order valence-electron chi connectivity index (χ0n) is 12.2. The van der Waals surface area contributed by atoms with Crippen molar-refractivity contribution < 1.29 is 4.74 Å². The first-order valence-corrected chi connectivity index (χ1v) is 7.28. The standard InChI is InChI=1S/C15H25N3O/c1-11(2)9-16-10-12-5-4-6-13(12)14-15(19-3)18-8-7-17-14/h7-8,11-13,16H,4-6,9-10H2,1-3H3. The minimum Gasteiger partial charge on any atom is -0.480 e. The molecule has 0 spiro atoms. The molecule has 2 rings (SSSR count). The van der Waals surface area contributed by atoms with Gasteiger partial charge in [0.2, 0.25) is 5.88 Å². The van der Waals surface area contributed by atoms with Gasteiger partial charge in [0.05, 0.1) is 7.11 Å². The van der Waals surface area contributed by atoms with Gasteiger partial charge < -0.3 is 10.1 Å². The Hall–Kier alpha value is -1.16. The highest BCUT2D eigenvalue weighted by Gasteiger charge is 2.31. The molecule has 0 aromatic carbocycles. The molecule has 1 aromatic heterocycles. The van der Waals surface area contributed by atoms with Crippen molar-refractivity contribution in [2.75, 3.05) is 20.2 Å². The topological polar surface area (TPSA) is 47.0 Å². The molecular weight excluding hydrogens is 238 g/mol. The van der Waals surface area contributed by atoms with Crippen molar-refractivity contribution in [3.63, 3.8) is 0 Å². The van der Waals surface area contributed by atoms with E-state index in [2.05, 4.69) is 29.1 Å². The van der Waals surface area contributed by atoms with E-state index in [1.54, 1.807) is 19.5 Å². The Labute approximate surface area is 116 Å². The fraction of sp³-hybridized carbons (Fsp3) is 0.733. The molecule has 106 valence electrons. The zero-order chi connectivity index (χ0) is 13.7. The normalized spacial score (nSPS) is 22.9. The first-order valence-electron chi connectivity index (χ1n) is 7.28. The van der Waals surface area contributed by atoms with Gasteiger partial charge in [-0.05, 0) is 37.8 Å². The van der Waals surface area contributed by atoms with Crippen LogP contribution in [0.5, 0.6) is 5.88 Å². The minimum atomic E-state index is 0.489. The summed E-state index contributed by atoms with van der Waals surface area (Å²) in [6, 6.07) is 0. The molecule has 1 aliphatic carbocycles. The van der Waals surface area contributed by atoms with E-state index in [1.807, 2.05) is 0 Å². The first kappa shape index (κ1) is 14.3. The summed E-state index contributed by atoms with van der Waals surface area (Å²) in [6.07, 6.45) is 7.22. The molecule has 1 aromatic rings. The molecule has 0 saturated heterocycles. The minimum absolute atomic E-state index is 0.489. The van der Waals surface area contributed by atoms with Gasteiger partial charge in [-0.1, -0.05) is 20.3 Å². The van der Waals surface area contributed by atoms with Crippen molar-refractivity contribution in [3.05, 3.63) is 18.1 Å². The van der Waals surface area contributed by atoms with Gasteiger partial charge in [-0.2, -0.15) is 0 Å². The van der Waals surface area contributed by atoms with Gasteiger partial charge in [0.25, 0.3) is 0 Å². The average Bonchev–Trinajstić information content (AvgIpc) is 2.86. The Morgan fingerprint density at radius 2 is 2.11 bits per heavy atom. The van der Waals surface area contributed by atoms with Crippen LogP contribution in [0.1, 0.15) is 44.7 Å². The van der Waals surface area contributed by atoms with Crippen molar-refractivity contribution in [1.29, 1.82) is 0 Å². The Morgan fingerprint density at radius 1 is 1.32 bits per heavy atom. The van der Waals surface area contributed by atoms with Crippen LogP contribution < -0.4 is 10.1 Å². The van der Waals surface area contributed by atoms with Gasteiger partial charge in [0.15, 0.2) is 0 Å². The summed E-state index contributed by atoms with van der Waals surface area (Å²) in [4.78, 5) is 8.79. The van der Waals surface area contributed by atoms with Crippen LogP contribution in [0.3, 0.4) is 0 Å². The number of hydrogen-bond donors (Lipinski definition) is 1. The fourth-order valence-corrected chi connectivity index (χ4v) is 2.95. The third kappa shape index (κ3) is 3.66. The Bertz CT molecular complexity index is 395. The molecule has 19 heavy (non-hydrogen) atoms. The summed E-state index contributed by atoms with van der Waals surface area (Å²) in [7, 11) is 1.68. The van der Waals surface area contributed by atoms with Crippen molar-refractivity contribution in [2.24, 2.45) is 11.8 Å². The van der Waals surface area contributed by atoms with Gasteiger partial charge in [-0.15, -0.1) is 0 Å². The van der Waals surface area contributed by atoms with Gasteiger partial charge in [-0.25, -0.2) is 4.98 Å². The number of rotatable bonds is 6. The molecule has 4 heteroatoms. The second-order valence-electron chi connectivity index (χ2n) is 5.80. The van der Waals surface area contributed by atoms with Crippen molar-refractivity contribution in [3.8, 4) is 5.88 Å². The molecule has 0 amide bonds. The number of nitrogens with zero attached hydrogens (tertiary/aromatic N) is 2. The second kappa shape index (κ2) is 6.85. The quantitative estimate of drug-likeness (QED) is 0.857. The predicted octanol–water partition coefficient (Wildman–Crippen LogP) is 2.61. The molecule has 0 radical (unpaired) electrons. The molecule has 2 atom stereocenters. The molecule has 1 aliphatic rings. The van der Waals surface area contributed by atoms with Gasteiger partial charge in [0.1, 0.15) is 5.69 Å². The maximum atomic E-state index is 5.35. The summed E-state index contributed by atoms with van der Waals surface area (Å²) in [6.45, 7) is 6.64. The van der Waals surface area contributed by atoms with Crippen molar-refractivity contribution in [2.45, 2.75) is 39.0 Å². The fourth-order valence-electron chi connectivity index (χ4n) is 2.95. The Balaban J connectivity index is 2.01. The lowest BCUT2D eigenvalue weighted by molar-refractivity contribution is 0.366. The van der Waals surface area contributed by atoms with Crippen LogP contribution in [-0.4, -0.2) is 30.2 Å². The summed E-state index contributed by atoms with van der Waals surface area (Å²) in [5.41, 5.74) is 1.04. The number of nitrogens with one attached hydrogen (secondary N) is 1. The lowest BCUT2D eigenvalue weighted by Gasteiger charge is -2.21. The predicted molar refractivity (Wildman–Crippen MR) is 76.4 cm³/mol. The zero-order valence-corrected chi connectivity index (χ0v) is 12.2. The molecule has 4 nitrogen and oxygen atoms in total. The average molecular weight is 263 g/mol.